The van der Waals surface area contributed by atoms with Crippen molar-refractivity contribution in [2.24, 2.45) is 0 Å². The van der Waals surface area contributed by atoms with E-state index in [1.165, 1.54) is 6.92 Å². The molecule has 0 radical (unpaired) electrons. The molecule has 0 aliphatic heterocycles. The molecule has 0 saturated carbocycles. The molecule has 0 bridgehead atoms. The van der Waals surface area contributed by atoms with E-state index in [-0.39, 0.29) is 12.5 Å². The van der Waals surface area contributed by atoms with Crippen LogP contribution in [0.25, 0.3) is 0 Å². The van der Waals surface area contributed by atoms with Gasteiger partial charge >= 0.3 is 5.97 Å². The molecule has 0 saturated heterocycles. The Morgan fingerprint density at radius 2 is 1.84 bits per heavy atom. The number of carboxylic acids is 1. The maximum Gasteiger partial charge on any atom is 0.320 e. The SMILES string of the molecule is Cc1cc(Br)c(NC(=O)CN[C@@H](C)C(=O)O)c(Br)c1. The van der Waals surface area contributed by atoms with Crippen molar-refractivity contribution in [1.82, 2.24) is 5.32 Å². The molecule has 0 aliphatic carbocycles. The molecular formula is C12H14Br2N2O3. The number of hydrogen-bond donors (Lipinski definition) is 3. The maximum absolute atomic E-state index is 11.7. The molecule has 0 heterocycles. The minimum atomic E-state index is -0.995. The average Bonchev–Trinajstić information content (AvgIpc) is 2.30. The second kappa shape index (κ2) is 7.02. The van der Waals surface area contributed by atoms with Crippen LogP contribution in [-0.2, 0) is 9.59 Å². The van der Waals surface area contributed by atoms with E-state index in [2.05, 4.69) is 42.5 Å². The van der Waals surface area contributed by atoms with E-state index in [9.17, 15) is 9.59 Å². The van der Waals surface area contributed by atoms with Crippen LogP contribution in [0.4, 0.5) is 5.69 Å². The minimum Gasteiger partial charge on any atom is -0.480 e. The van der Waals surface area contributed by atoms with Crippen molar-refractivity contribution in [2.45, 2.75) is 19.9 Å². The lowest BCUT2D eigenvalue weighted by molar-refractivity contribution is -0.139. The number of carbonyl (C=O) groups excluding carboxylic acids is 1. The third-order valence-electron chi connectivity index (χ3n) is 2.39. The van der Waals surface area contributed by atoms with Gasteiger partial charge in [0.25, 0.3) is 0 Å². The fourth-order valence-corrected chi connectivity index (χ4v) is 2.95. The van der Waals surface area contributed by atoms with Crippen LogP contribution in [0.1, 0.15) is 12.5 Å². The van der Waals surface area contributed by atoms with Crippen molar-refractivity contribution < 1.29 is 14.7 Å². The molecular weight excluding hydrogens is 380 g/mol. The van der Waals surface area contributed by atoms with E-state index in [4.69, 9.17) is 5.11 Å². The minimum absolute atomic E-state index is 0.0692. The van der Waals surface area contributed by atoms with Gasteiger partial charge in [-0.05, 0) is 63.4 Å². The first-order valence-corrected chi connectivity index (χ1v) is 7.11. The monoisotopic (exact) mass is 392 g/mol. The van der Waals surface area contributed by atoms with Crippen molar-refractivity contribution in [2.75, 3.05) is 11.9 Å². The number of amides is 1. The molecule has 1 amide bonds. The van der Waals surface area contributed by atoms with Gasteiger partial charge in [0, 0.05) is 8.95 Å². The highest BCUT2D eigenvalue weighted by molar-refractivity contribution is 9.11. The molecule has 0 aromatic heterocycles. The highest BCUT2D eigenvalue weighted by Crippen LogP contribution is 2.32. The molecule has 0 spiro atoms. The Bertz CT molecular complexity index is 483. The van der Waals surface area contributed by atoms with Crippen LogP contribution in [0, 0.1) is 6.92 Å². The van der Waals surface area contributed by atoms with E-state index in [0.29, 0.717) is 5.69 Å². The summed E-state index contributed by atoms with van der Waals surface area (Å²) in [5, 5.41) is 14.0. The van der Waals surface area contributed by atoms with Crippen LogP contribution < -0.4 is 10.6 Å². The van der Waals surface area contributed by atoms with E-state index in [0.717, 1.165) is 14.5 Å². The summed E-state index contributed by atoms with van der Waals surface area (Å²) >= 11 is 6.74. The van der Waals surface area contributed by atoms with Crippen molar-refractivity contribution in [3.63, 3.8) is 0 Å². The van der Waals surface area contributed by atoms with Gasteiger partial charge in [0.2, 0.25) is 5.91 Å². The van der Waals surface area contributed by atoms with E-state index in [1.54, 1.807) is 0 Å². The third kappa shape index (κ3) is 4.93. The van der Waals surface area contributed by atoms with Gasteiger partial charge in [-0.1, -0.05) is 0 Å². The summed E-state index contributed by atoms with van der Waals surface area (Å²) in [7, 11) is 0. The molecule has 0 fully saturated rings. The quantitative estimate of drug-likeness (QED) is 0.718. The lowest BCUT2D eigenvalue weighted by Gasteiger charge is -2.12. The second-order valence-corrected chi connectivity index (χ2v) is 5.80. The predicted octanol–water partition coefficient (Wildman–Crippen LogP) is 2.52. The van der Waals surface area contributed by atoms with Gasteiger partial charge < -0.3 is 10.4 Å². The Balaban J connectivity index is 2.65. The number of carboxylic acid groups (broad SMARTS) is 1. The number of rotatable bonds is 5. The zero-order valence-electron chi connectivity index (χ0n) is 10.5. The fourth-order valence-electron chi connectivity index (χ4n) is 1.34. The van der Waals surface area contributed by atoms with Crippen LogP contribution in [-0.4, -0.2) is 29.6 Å². The van der Waals surface area contributed by atoms with Crippen molar-refractivity contribution in [3.8, 4) is 0 Å². The number of aryl methyl sites for hydroxylation is 1. The van der Waals surface area contributed by atoms with E-state index < -0.39 is 12.0 Å². The number of aliphatic carboxylic acids is 1. The summed E-state index contributed by atoms with van der Waals surface area (Å²) in [6, 6.07) is 3.00. The first-order valence-electron chi connectivity index (χ1n) is 5.53. The van der Waals surface area contributed by atoms with Gasteiger partial charge in [-0.3, -0.25) is 14.9 Å². The predicted molar refractivity (Wildman–Crippen MR) is 80.3 cm³/mol. The molecule has 7 heteroatoms. The van der Waals surface area contributed by atoms with Crippen molar-refractivity contribution >= 4 is 49.4 Å². The van der Waals surface area contributed by atoms with Crippen LogP contribution in [0.3, 0.4) is 0 Å². The second-order valence-electron chi connectivity index (χ2n) is 4.09. The lowest BCUT2D eigenvalue weighted by Crippen LogP contribution is -2.39. The molecule has 19 heavy (non-hydrogen) atoms. The molecule has 104 valence electrons. The summed E-state index contributed by atoms with van der Waals surface area (Å²) in [5.74, 6) is -1.30. The van der Waals surface area contributed by atoms with E-state index in [1.807, 2.05) is 19.1 Å². The first kappa shape index (κ1) is 16.1. The first-order chi connectivity index (χ1) is 8.81. The zero-order chi connectivity index (χ0) is 14.6. The molecule has 1 aromatic rings. The maximum atomic E-state index is 11.7. The van der Waals surface area contributed by atoms with E-state index >= 15 is 0 Å². The summed E-state index contributed by atoms with van der Waals surface area (Å²) < 4.78 is 1.53. The normalized spacial score (nSPS) is 12.0. The molecule has 0 unspecified atom stereocenters. The number of benzene rings is 1. The molecule has 5 nitrogen and oxygen atoms in total. The molecule has 1 aromatic carbocycles. The number of halogens is 2. The van der Waals surface area contributed by atoms with Crippen LogP contribution >= 0.6 is 31.9 Å². The summed E-state index contributed by atoms with van der Waals surface area (Å²) in [6.07, 6.45) is 0. The Hall–Kier alpha value is -0.920. The van der Waals surface area contributed by atoms with Crippen LogP contribution in [0.2, 0.25) is 0 Å². The topological polar surface area (TPSA) is 78.4 Å². The smallest absolute Gasteiger partial charge is 0.320 e. The Kier molecular flexibility index (Phi) is 5.96. The molecule has 1 atom stereocenters. The van der Waals surface area contributed by atoms with Gasteiger partial charge in [-0.25, -0.2) is 0 Å². The highest BCUT2D eigenvalue weighted by atomic mass is 79.9. The van der Waals surface area contributed by atoms with Crippen molar-refractivity contribution in [3.05, 3.63) is 26.6 Å². The van der Waals surface area contributed by atoms with Crippen molar-refractivity contribution in [1.29, 1.82) is 0 Å². The molecule has 3 N–H and O–H groups in total. The zero-order valence-corrected chi connectivity index (χ0v) is 13.6. The lowest BCUT2D eigenvalue weighted by atomic mass is 10.2. The van der Waals surface area contributed by atoms with Gasteiger partial charge in [0.05, 0.1) is 12.2 Å². The largest absolute Gasteiger partial charge is 0.480 e. The molecule has 0 aliphatic rings. The van der Waals surface area contributed by atoms with Crippen LogP contribution in [0.15, 0.2) is 21.1 Å². The standard InChI is InChI=1S/C12H14Br2N2O3/c1-6-3-8(13)11(9(14)4-6)16-10(17)5-15-7(2)12(18)19/h3-4,7,15H,5H2,1-2H3,(H,16,17)(H,18,19)/t7-/m0/s1. The van der Waals surface area contributed by atoms with Gasteiger partial charge in [0.15, 0.2) is 0 Å². The number of anilines is 1. The van der Waals surface area contributed by atoms with Crippen LogP contribution in [0.5, 0.6) is 0 Å². The summed E-state index contributed by atoms with van der Waals surface area (Å²) in [5.41, 5.74) is 1.68. The number of nitrogens with one attached hydrogen (secondary N) is 2. The third-order valence-corrected chi connectivity index (χ3v) is 3.64. The van der Waals surface area contributed by atoms with Gasteiger partial charge in [-0.15, -0.1) is 0 Å². The Labute approximate surface area is 128 Å². The Morgan fingerprint density at radius 3 is 2.32 bits per heavy atom. The van der Waals surface area contributed by atoms with Gasteiger partial charge in [-0.2, -0.15) is 0 Å². The highest BCUT2D eigenvalue weighted by Gasteiger charge is 2.13. The Morgan fingerprint density at radius 1 is 1.32 bits per heavy atom. The fraction of sp³-hybridized carbons (Fsp3) is 0.333. The summed E-state index contributed by atoms with van der Waals surface area (Å²) in [6.45, 7) is 3.35. The number of carbonyl (C=O) groups is 2. The molecule has 1 rings (SSSR count). The number of hydrogen-bond acceptors (Lipinski definition) is 3. The average molecular weight is 394 g/mol. The summed E-state index contributed by atoms with van der Waals surface area (Å²) in [4.78, 5) is 22.3. The van der Waals surface area contributed by atoms with Gasteiger partial charge in [0.1, 0.15) is 6.04 Å².